The number of aromatic carboxylic acids is 1. The third kappa shape index (κ3) is 5.72. The molecule has 0 saturated heterocycles. The summed E-state index contributed by atoms with van der Waals surface area (Å²) in [5.74, 6) is -2.57. The number of anilines is 1. The molecule has 0 aliphatic carbocycles. The van der Waals surface area contributed by atoms with Crippen molar-refractivity contribution in [2.45, 2.75) is 11.3 Å². The van der Waals surface area contributed by atoms with Crippen LogP contribution < -0.4 is 4.90 Å². The molecule has 1 N–H and O–H groups in total. The van der Waals surface area contributed by atoms with E-state index in [9.17, 15) is 23.9 Å². The molecular formula is C27H18Cl3FN2O5. The molecule has 0 radical (unpaired) electrons. The first-order valence-corrected chi connectivity index (χ1v) is 12.2. The number of carbonyl (C=O) groups excluding carboxylic acids is 2. The molecule has 1 heterocycles. The van der Waals surface area contributed by atoms with Gasteiger partial charge in [-0.05, 0) is 48.5 Å². The van der Waals surface area contributed by atoms with E-state index in [1.807, 2.05) is 0 Å². The lowest BCUT2D eigenvalue weighted by atomic mass is 10.0. The summed E-state index contributed by atoms with van der Waals surface area (Å²) < 4.78 is 16.7. The number of hydrogen-bond acceptors (Lipinski definition) is 5. The van der Waals surface area contributed by atoms with Gasteiger partial charge in [-0.25, -0.2) is 9.18 Å². The Morgan fingerprint density at radius 2 is 1.71 bits per heavy atom. The molecular weight excluding hydrogens is 558 g/mol. The highest BCUT2D eigenvalue weighted by Gasteiger charge is 2.38. The minimum atomic E-state index is -2.03. The van der Waals surface area contributed by atoms with E-state index in [1.165, 1.54) is 42.2 Å². The lowest BCUT2D eigenvalue weighted by Gasteiger charge is -2.28. The highest BCUT2D eigenvalue weighted by Crippen LogP contribution is 2.35. The van der Waals surface area contributed by atoms with E-state index in [4.69, 9.17) is 39.3 Å². The first-order valence-electron chi connectivity index (χ1n) is 11.0. The van der Waals surface area contributed by atoms with Gasteiger partial charge in [-0.1, -0.05) is 58.2 Å². The van der Waals surface area contributed by atoms with Crippen LogP contribution in [0.25, 0.3) is 22.6 Å². The second kappa shape index (κ2) is 10.9. The molecule has 3 aromatic carbocycles. The highest BCUT2D eigenvalue weighted by atomic mass is 35.5. The van der Waals surface area contributed by atoms with Crippen molar-refractivity contribution in [3.63, 3.8) is 0 Å². The van der Waals surface area contributed by atoms with Gasteiger partial charge >= 0.3 is 5.97 Å². The molecule has 0 bridgehead atoms. The number of carboxylic acid groups (broad SMARTS) is 1. The Hall–Kier alpha value is -3.72. The Morgan fingerprint density at radius 3 is 2.37 bits per heavy atom. The number of alkyl halides is 2. The quantitative estimate of drug-likeness (QED) is 0.181. The van der Waals surface area contributed by atoms with Crippen LogP contribution in [0.3, 0.4) is 0 Å². The number of carboxylic acids is 1. The molecule has 0 aliphatic rings. The zero-order valence-electron chi connectivity index (χ0n) is 19.6. The van der Waals surface area contributed by atoms with Crippen LogP contribution in [0, 0.1) is 5.82 Å². The first-order chi connectivity index (χ1) is 18.0. The Balaban J connectivity index is 1.65. The van der Waals surface area contributed by atoms with Crippen LogP contribution in [-0.2, 0) is 4.79 Å². The normalized spacial score (nSPS) is 11.3. The number of rotatable bonds is 8. The predicted molar refractivity (Wildman–Crippen MR) is 143 cm³/mol. The van der Waals surface area contributed by atoms with Crippen LogP contribution >= 0.6 is 34.8 Å². The van der Waals surface area contributed by atoms with Crippen molar-refractivity contribution in [2.24, 2.45) is 0 Å². The maximum Gasteiger partial charge on any atom is 0.336 e. The maximum atomic E-state index is 13.3. The molecule has 1 amide bonds. The number of ketones is 1. The molecule has 0 spiro atoms. The van der Waals surface area contributed by atoms with Gasteiger partial charge < -0.3 is 14.5 Å². The van der Waals surface area contributed by atoms with Crippen LogP contribution in [0.1, 0.15) is 27.6 Å². The van der Waals surface area contributed by atoms with Gasteiger partial charge in [0.1, 0.15) is 11.5 Å². The summed E-state index contributed by atoms with van der Waals surface area (Å²) in [6.07, 6.45) is 0. The summed E-state index contributed by atoms with van der Waals surface area (Å²) in [4.78, 5) is 38.3. The molecule has 0 aliphatic heterocycles. The summed E-state index contributed by atoms with van der Waals surface area (Å²) in [6, 6.07) is 17.3. The molecule has 194 valence electrons. The van der Waals surface area contributed by atoms with E-state index >= 15 is 0 Å². The Labute approximate surface area is 231 Å². The van der Waals surface area contributed by atoms with Crippen molar-refractivity contribution < 1.29 is 28.4 Å². The lowest BCUT2D eigenvalue weighted by molar-refractivity contribution is -0.116. The fourth-order valence-electron chi connectivity index (χ4n) is 3.79. The number of hydrogen-bond donors (Lipinski definition) is 1. The standard InChI is InChI=1S/C27H18Cl3FN2O5/c1-15(34)33(14-27(29,30)25(35)16-8-10-18(31)11-9-16)19-5-2-4-17(12-19)23-13-22(32-38-23)24-20(26(36)37)6-3-7-21(24)28/h2-13H,14H2,1H3,(H,36,37). The molecule has 7 nitrogen and oxygen atoms in total. The molecule has 0 unspecified atom stereocenters. The SMILES string of the molecule is CC(=O)N(CC(Cl)(Cl)C(=O)c1ccc(F)cc1)c1cccc(-c2cc(-c3c(Cl)cccc3C(=O)O)no2)c1. The van der Waals surface area contributed by atoms with Crippen LogP contribution in [0.15, 0.2) is 77.3 Å². The number of nitrogens with zero attached hydrogens (tertiary/aromatic N) is 2. The van der Waals surface area contributed by atoms with Crippen LogP contribution in [0.4, 0.5) is 10.1 Å². The summed E-state index contributed by atoms with van der Waals surface area (Å²) in [5.41, 5.74) is 1.31. The molecule has 0 saturated carbocycles. The summed E-state index contributed by atoms with van der Waals surface area (Å²) in [6.45, 7) is 0.893. The van der Waals surface area contributed by atoms with Gasteiger partial charge in [-0.2, -0.15) is 0 Å². The van der Waals surface area contributed by atoms with E-state index < -0.39 is 34.4 Å². The molecule has 4 aromatic rings. The second-order valence-electron chi connectivity index (χ2n) is 8.24. The van der Waals surface area contributed by atoms with Crippen molar-refractivity contribution in [3.05, 3.63) is 94.8 Å². The minimum absolute atomic E-state index is 0.0414. The van der Waals surface area contributed by atoms with Gasteiger partial charge in [0.05, 0.1) is 17.1 Å². The lowest BCUT2D eigenvalue weighted by Crippen LogP contribution is -2.43. The Kier molecular flexibility index (Phi) is 7.87. The van der Waals surface area contributed by atoms with Crippen LogP contribution in [0.5, 0.6) is 0 Å². The van der Waals surface area contributed by atoms with E-state index in [0.29, 0.717) is 11.3 Å². The summed E-state index contributed by atoms with van der Waals surface area (Å²) >= 11 is 19.0. The van der Waals surface area contributed by atoms with Crippen LogP contribution in [0.2, 0.25) is 5.02 Å². The van der Waals surface area contributed by atoms with E-state index in [0.717, 1.165) is 12.1 Å². The Morgan fingerprint density at radius 1 is 1.03 bits per heavy atom. The summed E-state index contributed by atoms with van der Waals surface area (Å²) in [5, 5.41) is 13.7. The molecule has 38 heavy (non-hydrogen) atoms. The number of carbonyl (C=O) groups is 3. The molecule has 0 atom stereocenters. The Bertz CT molecular complexity index is 1540. The highest BCUT2D eigenvalue weighted by molar-refractivity contribution is 6.60. The van der Waals surface area contributed by atoms with E-state index in [2.05, 4.69) is 5.16 Å². The van der Waals surface area contributed by atoms with Crippen molar-refractivity contribution in [3.8, 4) is 22.6 Å². The van der Waals surface area contributed by atoms with Gasteiger partial charge in [0.2, 0.25) is 11.7 Å². The number of aromatic nitrogens is 1. The van der Waals surface area contributed by atoms with Gasteiger partial charge in [-0.3, -0.25) is 9.59 Å². The van der Waals surface area contributed by atoms with Crippen molar-refractivity contribution in [2.75, 3.05) is 11.4 Å². The van der Waals surface area contributed by atoms with E-state index in [1.54, 1.807) is 30.3 Å². The topological polar surface area (TPSA) is 101 Å². The summed E-state index contributed by atoms with van der Waals surface area (Å²) in [7, 11) is 0. The average Bonchev–Trinajstić information content (AvgIpc) is 3.37. The fourth-order valence-corrected chi connectivity index (χ4v) is 4.51. The zero-order chi connectivity index (χ0) is 27.6. The van der Waals surface area contributed by atoms with Crippen molar-refractivity contribution in [1.29, 1.82) is 0 Å². The smallest absolute Gasteiger partial charge is 0.336 e. The third-order valence-electron chi connectivity index (χ3n) is 5.63. The maximum absolute atomic E-state index is 13.3. The van der Waals surface area contributed by atoms with Gasteiger partial charge in [0, 0.05) is 35.4 Å². The molecule has 0 fully saturated rings. The monoisotopic (exact) mass is 574 g/mol. The van der Waals surface area contributed by atoms with Gasteiger partial charge in [-0.15, -0.1) is 0 Å². The van der Waals surface area contributed by atoms with Crippen molar-refractivity contribution >= 4 is 58.1 Å². The zero-order valence-corrected chi connectivity index (χ0v) is 21.9. The first kappa shape index (κ1) is 27.3. The average molecular weight is 576 g/mol. The van der Waals surface area contributed by atoms with Crippen molar-refractivity contribution in [1.82, 2.24) is 5.16 Å². The predicted octanol–water partition coefficient (Wildman–Crippen LogP) is 6.91. The molecule has 11 heteroatoms. The number of benzene rings is 3. The van der Waals surface area contributed by atoms with E-state index in [-0.39, 0.29) is 33.2 Å². The van der Waals surface area contributed by atoms with Crippen LogP contribution in [-0.4, -0.2) is 38.8 Å². The number of Topliss-reactive ketones (excluding diaryl/α,β-unsaturated/α-hetero) is 1. The molecule has 1 aromatic heterocycles. The van der Waals surface area contributed by atoms with Gasteiger partial charge in [0.25, 0.3) is 0 Å². The largest absolute Gasteiger partial charge is 0.478 e. The second-order valence-corrected chi connectivity index (χ2v) is 10.1. The number of halogens is 4. The van der Waals surface area contributed by atoms with Gasteiger partial charge in [0.15, 0.2) is 10.1 Å². The minimum Gasteiger partial charge on any atom is -0.478 e. The fraction of sp³-hybridized carbons (Fsp3) is 0.111. The number of amides is 1. The third-order valence-corrected chi connectivity index (χ3v) is 6.53. The molecule has 4 rings (SSSR count).